The molecule has 2 rings (SSSR count). The standard InChI is InChI=1S/C16H25NO4Si/c1-16(17-15(20)21-9-10-22(2,3)4)12-8-6-5-7-11(12)13(18)14(16)19/h5-8,13-14,18-19H,9-10H2,1-4H3,(H,17,20)/t13-,14-,16?/m0/s1. The summed E-state index contributed by atoms with van der Waals surface area (Å²) < 4.78 is 5.24. The molecule has 0 heterocycles. The van der Waals surface area contributed by atoms with Crippen LogP contribution in [0.1, 0.15) is 24.2 Å². The monoisotopic (exact) mass is 323 g/mol. The van der Waals surface area contributed by atoms with E-state index in [-0.39, 0.29) is 0 Å². The molecule has 0 aromatic heterocycles. The second-order valence-corrected chi connectivity index (χ2v) is 12.9. The molecule has 3 atom stereocenters. The van der Waals surface area contributed by atoms with Gasteiger partial charge in [-0.3, -0.25) is 0 Å². The summed E-state index contributed by atoms with van der Waals surface area (Å²) in [5, 5.41) is 23.2. The lowest BCUT2D eigenvalue weighted by Crippen LogP contribution is -2.50. The van der Waals surface area contributed by atoms with Gasteiger partial charge in [0.15, 0.2) is 0 Å². The van der Waals surface area contributed by atoms with Gasteiger partial charge in [-0.05, 0) is 24.1 Å². The Kier molecular flexibility index (Phi) is 4.65. The van der Waals surface area contributed by atoms with Crippen LogP contribution in [0.5, 0.6) is 0 Å². The topological polar surface area (TPSA) is 78.8 Å². The van der Waals surface area contributed by atoms with Crippen LogP contribution in [-0.2, 0) is 10.3 Å². The van der Waals surface area contributed by atoms with Crippen molar-refractivity contribution in [2.45, 2.75) is 50.4 Å². The third-order valence-electron chi connectivity index (χ3n) is 4.18. The van der Waals surface area contributed by atoms with Crippen molar-refractivity contribution in [1.82, 2.24) is 5.32 Å². The Bertz CT molecular complexity index is 557. The van der Waals surface area contributed by atoms with E-state index in [0.717, 1.165) is 11.6 Å². The summed E-state index contributed by atoms with van der Waals surface area (Å²) in [6.07, 6.45) is -2.68. The van der Waals surface area contributed by atoms with Crippen LogP contribution < -0.4 is 5.32 Å². The van der Waals surface area contributed by atoms with Crippen LogP contribution >= 0.6 is 0 Å². The number of alkyl carbamates (subject to hydrolysis) is 1. The lowest BCUT2D eigenvalue weighted by molar-refractivity contribution is -0.0202. The molecule has 0 saturated heterocycles. The van der Waals surface area contributed by atoms with Crippen molar-refractivity contribution in [3.63, 3.8) is 0 Å². The lowest BCUT2D eigenvalue weighted by Gasteiger charge is -2.31. The second-order valence-electron chi connectivity index (χ2n) is 7.25. The smallest absolute Gasteiger partial charge is 0.407 e. The number of aliphatic hydroxyl groups is 2. The first kappa shape index (κ1) is 17.0. The molecular weight excluding hydrogens is 298 g/mol. The molecule has 0 saturated carbocycles. The number of carbonyl (C=O) groups is 1. The van der Waals surface area contributed by atoms with E-state index in [1.54, 1.807) is 25.1 Å². The number of fused-ring (bicyclic) bond motifs is 1. The zero-order valence-electron chi connectivity index (χ0n) is 13.6. The maximum Gasteiger partial charge on any atom is 0.407 e. The summed E-state index contributed by atoms with van der Waals surface area (Å²) >= 11 is 0. The van der Waals surface area contributed by atoms with Crippen LogP contribution in [-0.4, -0.2) is 37.1 Å². The van der Waals surface area contributed by atoms with Gasteiger partial charge in [0.2, 0.25) is 0 Å². The predicted molar refractivity (Wildman–Crippen MR) is 87.4 cm³/mol. The minimum Gasteiger partial charge on any atom is -0.450 e. The number of rotatable bonds is 4. The molecule has 122 valence electrons. The van der Waals surface area contributed by atoms with E-state index < -0.39 is 31.9 Å². The van der Waals surface area contributed by atoms with Crippen LogP contribution in [0.2, 0.25) is 25.7 Å². The number of carbonyl (C=O) groups excluding carboxylic acids is 1. The van der Waals surface area contributed by atoms with Gasteiger partial charge in [0, 0.05) is 8.07 Å². The molecule has 0 aliphatic heterocycles. The van der Waals surface area contributed by atoms with Crippen LogP contribution in [0.25, 0.3) is 0 Å². The Morgan fingerprint density at radius 3 is 2.59 bits per heavy atom. The third-order valence-corrected chi connectivity index (χ3v) is 5.88. The summed E-state index contributed by atoms with van der Waals surface area (Å²) in [5.41, 5.74) is 0.309. The molecule has 5 nitrogen and oxygen atoms in total. The molecule has 6 heteroatoms. The Labute approximate surface area is 132 Å². The van der Waals surface area contributed by atoms with E-state index in [0.29, 0.717) is 12.2 Å². The first-order valence-electron chi connectivity index (χ1n) is 7.55. The average Bonchev–Trinajstić information content (AvgIpc) is 2.60. The fraction of sp³-hybridized carbons (Fsp3) is 0.562. The van der Waals surface area contributed by atoms with Crippen LogP contribution in [0.3, 0.4) is 0 Å². The van der Waals surface area contributed by atoms with Crippen LogP contribution in [0.4, 0.5) is 4.79 Å². The van der Waals surface area contributed by atoms with Gasteiger partial charge in [0.25, 0.3) is 0 Å². The van der Waals surface area contributed by atoms with E-state index >= 15 is 0 Å². The maximum absolute atomic E-state index is 12.0. The number of ether oxygens (including phenoxy) is 1. The van der Waals surface area contributed by atoms with Gasteiger partial charge >= 0.3 is 6.09 Å². The number of hydrogen-bond donors (Lipinski definition) is 3. The van der Waals surface area contributed by atoms with Gasteiger partial charge in [0.1, 0.15) is 12.2 Å². The van der Waals surface area contributed by atoms with Crippen molar-refractivity contribution in [2.24, 2.45) is 0 Å². The highest BCUT2D eigenvalue weighted by Gasteiger charge is 2.49. The Morgan fingerprint density at radius 1 is 1.32 bits per heavy atom. The molecule has 1 unspecified atom stereocenters. The molecule has 0 spiro atoms. The molecule has 1 aliphatic rings. The minimum absolute atomic E-state index is 0.373. The van der Waals surface area contributed by atoms with Crippen molar-refractivity contribution in [3.8, 4) is 0 Å². The van der Waals surface area contributed by atoms with Gasteiger partial charge in [-0.1, -0.05) is 43.9 Å². The van der Waals surface area contributed by atoms with Crippen molar-refractivity contribution in [2.75, 3.05) is 6.61 Å². The zero-order valence-corrected chi connectivity index (χ0v) is 14.6. The minimum atomic E-state index is -1.26. The maximum atomic E-state index is 12.0. The first-order valence-corrected chi connectivity index (χ1v) is 11.3. The molecule has 22 heavy (non-hydrogen) atoms. The largest absolute Gasteiger partial charge is 0.450 e. The summed E-state index contributed by atoms with van der Waals surface area (Å²) in [5.74, 6) is 0. The van der Waals surface area contributed by atoms with Crippen molar-refractivity contribution < 1.29 is 19.7 Å². The van der Waals surface area contributed by atoms with Crippen molar-refractivity contribution >= 4 is 14.2 Å². The first-order chi connectivity index (χ1) is 10.1. The van der Waals surface area contributed by atoms with E-state index in [2.05, 4.69) is 25.0 Å². The zero-order chi connectivity index (χ0) is 16.5. The summed E-state index contributed by atoms with van der Waals surface area (Å²) in [6, 6.07) is 8.07. The van der Waals surface area contributed by atoms with E-state index in [1.165, 1.54) is 0 Å². The van der Waals surface area contributed by atoms with Crippen LogP contribution in [0, 0.1) is 0 Å². The fourth-order valence-corrected chi connectivity index (χ4v) is 3.43. The predicted octanol–water partition coefficient (Wildman–Crippen LogP) is 2.37. The molecule has 1 aliphatic carbocycles. The van der Waals surface area contributed by atoms with Gasteiger partial charge in [-0.2, -0.15) is 0 Å². The van der Waals surface area contributed by atoms with Gasteiger partial charge in [-0.15, -0.1) is 0 Å². The Balaban J connectivity index is 2.07. The van der Waals surface area contributed by atoms with Gasteiger partial charge in [-0.25, -0.2) is 4.79 Å². The van der Waals surface area contributed by atoms with E-state index in [4.69, 9.17) is 4.74 Å². The van der Waals surface area contributed by atoms with Crippen molar-refractivity contribution in [3.05, 3.63) is 35.4 Å². The SMILES string of the molecule is CC1(NC(=O)OCC[Si](C)(C)C)c2ccccc2[C@H](O)[C@@H]1O. The molecule has 0 bridgehead atoms. The molecule has 3 N–H and O–H groups in total. The number of benzene rings is 1. The fourth-order valence-electron chi connectivity index (χ4n) is 2.71. The average molecular weight is 323 g/mol. The molecular formula is C16H25NO4Si. The Morgan fingerprint density at radius 2 is 1.95 bits per heavy atom. The highest BCUT2D eigenvalue weighted by atomic mass is 28.3. The number of amides is 1. The molecule has 1 aromatic rings. The molecule has 1 amide bonds. The summed E-state index contributed by atoms with van der Waals surface area (Å²) in [6.45, 7) is 8.71. The van der Waals surface area contributed by atoms with Crippen molar-refractivity contribution in [1.29, 1.82) is 0 Å². The second kappa shape index (κ2) is 6.02. The summed E-state index contributed by atoms with van der Waals surface area (Å²) in [4.78, 5) is 12.0. The lowest BCUT2D eigenvalue weighted by atomic mass is 9.92. The number of hydrogen-bond acceptors (Lipinski definition) is 4. The molecule has 0 fully saturated rings. The summed E-state index contributed by atoms with van der Waals surface area (Å²) in [7, 11) is -1.26. The quantitative estimate of drug-likeness (QED) is 0.743. The van der Waals surface area contributed by atoms with E-state index in [9.17, 15) is 15.0 Å². The highest BCUT2D eigenvalue weighted by Crippen LogP contribution is 2.43. The number of nitrogens with one attached hydrogen (secondary N) is 1. The van der Waals surface area contributed by atoms with Gasteiger partial charge in [0.05, 0.1) is 12.1 Å². The Hall–Kier alpha value is -1.37. The number of aliphatic hydroxyl groups excluding tert-OH is 2. The normalized spacial score (nSPS) is 27.4. The third kappa shape index (κ3) is 3.34. The van der Waals surface area contributed by atoms with Crippen LogP contribution in [0.15, 0.2) is 24.3 Å². The molecule has 0 radical (unpaired) electrons. The van der Waals surface area contributed by atoms with E-state index in [1.807, 2.05) is 6.07 Å². The highest BCUT2D eigenvalue weighted by molar-refractivity contribution is 6.76. The molecule has 1 aromatic carbocycles. The van der Waals surface area contributed by atoms with Gasteiger partial charge < -0.3 is 20.3 Å².